The van der Waals surface area contributed by atoms with Crippen LogP contribution in [0.15, 0.2) is 24.5 Å². The van der Waals surface area contributed by atoms with Gasteiger partial charge in [-0.05, 0) is 25.1 Å². The Morgan fingerprint density at radius 3 is 2.75 bits per heavy atom. The van der Waals surface area contributed by atoms with E-state index < -0.39 is 0 Å². The fraction of sp³-hybridized carbons (Fsp3) is 0.429. The van der Waals surface area contributed by atoms with Crippen LogP contribution in [0.3, 0.4) is 0 Å². The average molecular weight is 276 g/mol. The minimum Gasteiger partial charge on any atom is -0.497 e. The van der Waals surface area contributed by atoms with Gasteiger partial charge in [-0.15, -0.1) is 0 Å². The molecule has 2 N–H and O–H groups in total. The van der Waals surface area contributed by atoms with Gasteiger partial charge in [-0.1, -0.05) is 0 Å². The molecule has 0 spiro atoms. The van der Waals surface area contributed by atoms with E-state index in [0.29, 0.717) is 6.42 Å². The molecule has 20 heavy (non-hydrogen) atoms. The fourth-order valence-electron chi connectivity index (χ4n) is 2.15. The third-order valence-electron chi connectivity index (χ3n) is 3.23. The summed E-state index contributed by atoms with van der Waals surface area (Å²) in [5.74, 6) is 2.37. The second kappa shape index (κ2) is 6.38. The largest absolute Gasteiger partial charge is 0.497 e. The number of nitrogens with two attached hydrogens (primary N) is 1. The highest BCUT2D eigenvalue weighted by molar-refractivity contribution is 5.42. The number of ether oxygens (including phenoxy) is 2. The van der Waals surface area contributed by atoms with Crippen molar-refractivity contribution in [1.29, 1.82) is 0 Å². The summed E-state index contributed by atoms with van der Waals surface area (Å²) in [7, 11) is 3.26. The summed E-state index contributed by atoms with van der Waals surface area (Å²) in [6.07, 6.45) is 2.14. The highest BCUT2D eigenvalue weighted by atomic mass is 16.5. The van der Waals surface area contributed by atoms with Crippen molar-refractivity contribution in [3.63, 3.8) is 0 Å². The molecule has 2 aromatic rings. The standard InChI is InChI=1S/C14H20N4O2/c1-4-18-14(16-9-17-18)8-12(15)11-7-10(19-2)5-6-13(11)20-3/h5-7,9,12H,4,8,15H2,1-3H3. The number of hydrogen-bond acceptors (Lipinski definition) is 5. The molecule has 1 heterocycles. The first-order valence-electron chi connectivity index (χ1n) is 6.53. The van der Waals surface area contributed by atoms with Crippen molar-refractivity contribution < 1.29 is 9.47 Å². The van der Waals surface area contributed by atoms with Gasteiger partial charge in [0, 0.05) is 24.6 Å². The van der Waals surface area contributed by atoms with E-state index in [4.69, 9.17) is 15.2 Å². The van der Waals surface area contributed by atoms with Crippen LogP contribution in [0.25, 0.3) is 0 Å². The van der Waals surface area contributed by atoms with E-state index in [1.807, 2.05) is 29.8 Å². The number of aromatic nitrogens is 3. The summed E-state index contributed by atoms with van der Waals surface area (Å²) in [4.78, 5) is 4.25. The number of hydrogen-bond donors (Lipinski definition) is 1. The van der Waals surface area contributed by atoms with Crippen LogP contribution >= 0.6 is 0 Å². The number of nitrogens with zero attached hydrogens (tertiary/aromatic N) is 3. The second-order valence-corrected chi connectivity index (χ2v) is 4.41. The van der Waals surface area contributed by atoms with Crippen LogP contribution < -0.4 is 15.2 Å². The van der Waals surface area contributed by atoms with Crippen molar-refractivity contribution in [2.24, 2.45) is 5.73 Å². The maximum atomic E-state index is 6.29. The van der Waals surface area contributed by atoms with E-state index in [9.17, 15) is 0 Å². The van der Waals surface area contributed by atoms with Crippen molar-refractivity contribution in [2.45, 2.75) is 25.9 Å². The summed E-state index contributed by atoms with van der Waals surface area (Å²) in [6, 6.07) is 5.38. The Labute approximate surface area is 118 Å². The summed E-state index contributed by atoms with van der Waals surface area (Å²) < 4.78 is 12.4. The molecule has 108 valence electrons. The van der Waals surface area contributed by atoms with Crippen molar-refractivity contribution in [2.75, 3.05) is 14.2 Å². The molecule has 0 aliphatic carbocycles. The van der Waals surface area contributed by atoms with Gasteiger partial charge in [0.25, 0.3) is 0 Å². The minimum atomic E-state index is -0.227. The number of methoxy groups -OCH3 is 2. The molecule has 0 saturated heterocycles. The molecule has 0 amide bonds. The van der Waals surface area contributed by atoms with E-state index in [2.05, 4.69) is 10.1 Å². The summed E-state index contributed by atoms with van der Waals surface area (Å²) in [6.45, 7) is 2.80. The topological polar surface area (TPSA) is 75.2 Å². The first-order chi connectivity index (χ1) is 9.69. The Morgan fingerprint density at radius 2 is 2.10 bits per heavy atom. The summed E-state index contributed by atoms with van der Waals surface area (Å²) in [5.41, 5.74) is 7.19. The molecular formula is C14H20N4O2. The van der Waals surface area contributed by atoms with E-state index >= 15 is 0 Å². The third kappa shape index (κ3) is 2.91. The first kappa shape index (κ1) is 14.3. The predicted octanol–water partition coefficient (Wildman–Crippen LogP) is 1.56. The number of benzene rings is 1. The molecule has 0 fully saturated rings. The van der Waals surface area contributed by atoms with Crippen LogP contribution in [0.5, 0.6) is 11.5 Å². The zero-order chi connectivity index (χ0) is 14.5. The number of rotatable bonds is 6. The average Bonchev–Trinajstić information content (AvgIpc) is 2.93. The Morgan fingerprint density at radius 1 is 1.30 bits per heavy atom. The smallest absolute Gasteiger partial charge is 0.138 e. The molecule has 0 saturated carbocycles. The van der Waals surface area contributed by atoms with Gasteiger partial charge in [-0.3, -0.25) is 4.68 Å². The van der Waals surface area contributed by atoms with Crippen LogP contribution in [0.4, 0.5) is 0 Å². The normalized spacial score (nSPS) is 12.2. The third-order valence-corrected chi connectivity index (χ3v) is 3.23. The van der Waals surface area contributed by atoms with Crippen LogP contribution in [0.2, 0.25) is 0 Å². The zero-order valence-corrected chi connectivity index (χ0v) is 12.0. The minimum absolute atomic E-state index is 0.227. The molecule has 1 unspecified atom stereocenters. The first-order valence-corrected chi connectivity index (χ1v) is 6.53. The van der Waals surface area contributed by atoms with E-state index in [1.54, 1.807) is 20.5 Å². The van der Waals surface area contributed by atoms with Crippen LogP contribution in [-0.4, -0.2) is 29.0 Å². The molecular weight excluding hydrogens is 256 g/mol. The van der Waals surface area contributed by atoms with Crippen molar-refractivity contribution >= 4 is 0 Å². The molecule has 1 atom stereocenters. The van der Waals surface area contributed by atoms with Crippen LogP contribution in [0.1, 0.15) is 24.4 Å². The van der Waals surface area contributed by atoms with Gasteiger partial charge in [0.15, 0.2) is 0 Å². The molecule has 2 rings (SSSR count). The molecule has 0 aliphatic rings. The molecule has 0 bridgehead atoms. The highest BCUT2D eigenvalue weighted by Gasteiger charge is 2.16. The quantitative estimate of drug-likeness (QED) is 0.866. The van der Waals surface area contributed by atoms with Gasteiger partial charge in [0.05, 0.1) is 14.2 Å². The Bertz CT molecular complexity index is 568. The van der Waals surface area contributed by atoms with Crippen molar-refractivity contribution in [3.05, 3.63) is 35.9 Å². The van der Waals surface area contributed by atoms with Gasteiger partial charge >= 0.3 is 0 Å². The lowest BCUT2D eigenvalue weighted by Gasteiger charge is -2.16. The monoisotopic (exact) mass is 276 g/mol. The molecule has 0 radical (unpaired) electrons. The van der Waals surface area contributed by atoms with Crippen LogP contribution in [-0.2, 0) is 13.0 Å². The van der Waals surface area contributed by atoms with Gasteiger partial charge in [-0.2, -0.15) is 5.10 Å². The van der Waals surface area contributed by atoms with Crippen molar-refractivity contribution in [1.82, 2.24) is 14.8 Å². The zero-order valence-electron chi connectivity index (χ0n) is 12.0. The van der Waals surface area contributed by atoms with Gasteiger partial charge in [0.1, 0.15) is 23.7 Å². The molecule has 6 nitrogen and oxygen atoms in total. The molecule has 0 aliphatic heterocycles. The van der Waals surface area contributed by atoms with Crippen LogP contribution in [0, 0.1) is 0 Å². The predicted molar refractivity (Wildman–Crippen MR) is 75.9 cm³/mol. The maximum absolute atomic E-state index is 6.29. The van der Waals surface area contributed by atoms with Gasteiger partial charge in [-0.25, -0.2) is 4.98 Å². The Hall–Kier alpha value is -2.08. The molecule has 1 aromatic carbocycles. The molecule has 6 heteroatoms. The van der Waals surface area contributed by atoms with E-state index in [1.165, 1.54) is 0 Å². The van der Waals surface area contributed by atoms with E-state index in [-0.39, 0.29) is 6.04 Å². The summed E-state index contributed by atoms with van der Waals surface area (Å²) in [5, 5.41) is 4.15. The van der Waals surface area contributed by atoms with Gasteiger partial charge in [0.2, 0.25) is 0 Å². The summed E-state index contributed by atoms with van der Waals surface area (Å²) >= 11 is 0. The Kier molecular flexibility index (Phi) is 4.57. The fourth-order valence-corrected chi connectivity index (χ4v) is 2.15. The van der Waals surface area contributed by atoms with E-state index in [0.717, 1.165) is 29.4 Å². The number of aryl methyl sites for hydroxylation is 1. The lowest BCUT2D eigenvalue weighted by molar-refractivity contribution is 0.394. The molecule has 1 aromatic heterocycles. The second-order valence-electron chi connectivity index (χ2n) is 4.41. The lowest BCUT2D eigenvalue weighted by Crippen LogP contribution is -2.17. The highest BCUT2D eigenvalue weighted by Crippen LogP contribution is 2.29. The van der Waals surface area contributed by atoms with Crippen molar-refractivity contribution in [3.8, 4) is 11.5 Å². The lowest BCUT2D eigenvalue weighted by atomic mass is 10.0. The Balaban J connectivity index is 2.26. The maximum Gasteiger partial charge on any atom is 0.138 e. The SMILES string of the molecule is CCn1ncnc1CC(N)c1cc(OC)ccc1OC. The van der Waals surface area contributed by atoms with Gasteiger partial charge < -0.3 is 15.2 Å².